The molecular formula is C14H12BrFOS. The van der Waals surface area contributed by atoms with Crippen LogP contribution >= 0.6 is 27.3 Å². The summed E-state index contributed by atoms with van der Waals surface area (Å²) in [6, 6.07) is 6.41. The first kappa shape index (κ1) is 13.4. The number of Topliss-reactive ketones (excluding diaryl/α,β-unsaturated/α-hetero) is 1. The van der Waals surface area contributed by atoms with Gasteiger partial charge in [0, 0.05) is 6.42 Å². The highest BCUT2D eigenvalue weighted by atomic mass is 79.9. The van der Waals surface area contributed by atoms with Crippen LogP contribution in [-0.4, -0.2) is 5.78 Å². The molecule has 0 unspecified atom stereocenters. The Kier molecular flexibility index (Phi) is 3.97. The molecule has 1 aromatic carbocycles. The maximum atomic E-state index is 13.2. The molecule has 1 aromatic heterocycles. The van der Waals surface area contributed by atoms with E-state index in [-0.39, 0.29) is 18.0 Å². The largest absolute Gasteiger partial charge is 0.293 e. The number of rotatable bonds is 3. The van der Waals surface area contributed by atoms with Crippen LogP contribution in [-0.2, 0) is 6.42 Å². The summed E-state index contributed by atoms with van der Waals surface area (Å²) in [5.41, 5.74) is 2.75. The zero-order valence-electron chi connectivity index (χ0n) is 10.1. The second kappa shape index (κ2) is 5.33. The lowest BCUT2D eigenvalue weighted by atomic mass is 10.0. The maximum Gasteiger partial charge on any atom is 0.177 e. The van der Waals surface area contributed by atoms with Gasteiger partial charge in [0.2, 0.25) is 0 Å². The maximum absolute atomic E-state index is 13.2. The van der Waals surface area contributed by atoms with Crippen LogP contribution in [0.5, 0.6) is 0 Å². The van der Waals surface area contributed by atoms with Crippen LogP contribution in [0.1, 0.15) is 26.4 Å². The SMILES string of the molecule is Cc1ccc(F)cc1CC(=O)c1cc(C)c(Br)s1. The molecule has 0 atom stereocenters. The molecule has 2 rings (SSSR count). The lowest BCUT2D eigenvalue weighted by Gasteiger charge is -2.04. The molecule has 0 aliphatic rings. The van der Waals surface area contributed by atoms with Crippen molar-refractivity contribution in [1.29, 1.82) is 0 Å². The number of benzene rings is 1. The minimum Gasteiger partial charge on any atom is -0.293 e. The molecule has 4 heteroatoms. The predicted octanol–water partition coefficient (Wildman–Crippen LogP) is 4.69. The van der Waals surface area contributed by atoms with Gasteiger partial charge in [0.25, 0.3) is 0 Å². The van der Waals surface area contributed by atoms with Crippen molar-refractivity contribution in [3.8, 4) is 0 Å². The number of hydrogen-bond donors (Lipinski definition) is 0. The van der Waals surface area contributed by atoms with Gasteiger partial charge in [-0.05, 0) is 64.7 Å². The lowest BCUT2D eigenvalue weighted by molar-refractivity contribution is 0.0996. The summed E-state index contributed by atoms with van der Waals surface area (Å²) in [4.78, 5) is 12.8. The molecule has 0 spiro atoms. The van der Waals surface area contributed by atoms with Gasteiger partial charge in [0.05, 0.1) is 8.66 Å². The van der Waals surface area contributed by atoms with Gasteiger partial charge in [-0.1, -0.05) is 6.07 Å². The molecule has 94 valence electrons. The van der Waals surface area contributed by atoms with E-state index in [2.05, 4.69) is 15.9 Å². The molecule has 0 saturated heterocycles. The van der Waals surface area contributed by atoms with Gasteiger partial charge < -0.3 is 0 Å². The van der Waals surface area contributed by atoms with Gasteiger partial charge in [-0.3, -0.25) is 4.79 Å². The van der Waals surface area contributed by atoms with E-state index in [9.17, 15) is 9.18 Å². The van der Waals surface area contributed by atoms with E-state index >= 15 is 0 Å². The minimum absolute atomic E-state index is 0.0301. The molecule has 0 bridgehead atoms. The number of ketones is 1. The van der Waals surface area contributed by atoms with Gasteiger partial charge in [-0.2, -0.15) is 0 Å². The first-order valence-corrected chi connectivity index (χ1v) is 7.12. The molecule has 0 N–H and O–H groups in total. The second-order valence-electron chi connectivity index (χ2n) is 4.24. The summed E-state index contributed by atoms with van der Waals surface area (Å²) in [5, 5.41) is 0. The van der Waals surface area contributed by atoms with Crippen molar-refractivity contribution in [2.45, 2.75) is 20.3 Å². The number of halogens is 2. The number of carbonyl (C=O) groups excluding carboxylic acids is 1. The van der Waals surface area contributed by atoms with E-state index in [0.717, 1.165) is 20.5 Å². The normalized spacial score (nSPS) is 10.7. The summed E-state index contributed by atoms with van der Waals surface area (Å²) in [6.07, 6.45) is 0.246. The number of thiophene rings is 1. The van der Waals surface area contributed by atoms with Crippen LogP contribution in [0, 0.1) is 19.7 Å². The molecule has 0 saturated carbocycles. The molecule has 0 fully saturated rings. The zero-order chi connectivity index (χ0) is 13.3. The summed E-state index contributed by atoms with van der Waals surface area (Å²) in [7, 11) is 0. The molecule has 0 aliphatic heterocycles. The Morgan fingerprint density at radius 1 is 1.28 bits per heavy atom. The molecule has 18 heavy (non-hydrogen) atoms. The average molecular weight is 327 g/mol. The van der Waals surface area contributed by atoms with E-state index in [1.807, 2.05) is 19.9 Å². The van der Waals surface area contributed by atoms with E-state index < -0.39 is 0 Å². The van der Waals surface area contributed by atoms with Gasteiger partial charge in [0.1, 0.15) is 5.82 Å². The van der Waals surface area contributed by atoms with E-state index in [1.165, 1.54) is 23.5 Å². The number of aryl methyl sites for hydroxylation is 2. The van der Waals surface area contributed by atoms with Crippen LogP contribution in [0.15, 0.2) is 28.1 Å². The second-order valence-corrected chi connectivity index (χ2v) is 6.61. The van der Waals surface area contributed by atoms with E-state index in [0.29, 0.717) is 4.88 Å². The molecule has 1 nitrogen and oxygen atoms in total. The van der Waals surface area contributed by atoms with Crippen LogP contribution < -0.4 is 0 Å². The fourth-order valence-corrected chi connectivity index (χ4v) is 3.16. The fraction of sp³-hybridized carbons (Fsp3) is 0.214. The molecular weight excluding hydrogens is 315 g/mol. The van der Waals surface area contributed by atoms with Crippen molar-refractivity contribution in [3.05, 3.63) is 55.4 Å². The number of carbonyl (C=O) groups is 1. The summed E-state index contributed by atoms with van der Waals surface area (Å²) in [6.45, 7) is 3.84. The molecule has 1 heterocycles. The topological polar surface area (TPSA) is 17.1 Å². The Labute approximate surface area is 118 Å². The Hall–Kier alpha value is -1.000. The molecule has 0 aliphatic carbocycles. The van der Waals surface area contributed by atoms with Crippen LogP contribution in [0.4, 0.5) is 4.39 Å². The van der Waals surface area contributed by atoms with Crippen LogP contribution in [0.25, 0.3) is 0 Å². The van der Waals surface area contributed by atoms with Crippen molar-refractivity contribution in [2.24, 2.45) is 0 Å². The molecule has 0 amide bonds. The van der Waals surface area contributed by atoms with E-state index in [4.69, 9.17) is 0 Å². The predicted molar refractivity (Wildman–Crippen MR) is 75.9 cm³/mol. The average Bonchev–Trinajstić information content (AvgIpc) is 2.64. The third-order valence-electron chi connectivity index (χ3n) is 2.79. The van der Waals surface area contributed by atoms with Crippen molar-refractivity contribution >= 4 is 33.0 Å². The summed E-state index contributed by atoms with van der Waals surface area (Å²) < 4.78 is 14.1. The Morgan fingerprint density at radius 2 is 2.00 bits per heavy atom. The first-order chi connectivity index (χ1) is 8.47. The smallest absolute Gasteiger partial charge is 0.177 e. The standard InChI is InChI=1S/C14H12BrFOS/c1-8-3-4-11(16)6-10(8)7-12(17)13-5-9(2)14(15)18-13/h3-6H,7H2,1-2H3. The summed E-state index contributed by atoms with van der Waals surface area (Å²) >= 11 is 4.83. The van der Waals surface area contributed by atoms with Crippen molar-refractivity contribution < 1.29 is 9.18 Å². The summed E-state index contributed by atoms with van der Waals surface area (Å²) in [5.74, 6) is -0.269. The van der Waals surface area contributed by atoms with Crippen molar-refractivity contribution in [3.63, 3.8) is 0 Å². The van der Waals surface area contributed by atoms with Gasteiger partial charge >= 0.3 is 0 Å². The van der Waals surface area contributed by atoms with Gasteiger partial charge in [-0.25, -0.2) is 4.39 Å². The van der Waals surface area contributed by atoms with Crippen LogP contribution in [0.3, 0.4) is 0 Å². The Bertz CT molecular complexity index is 584. The number of hydrogen-bond acceptors (Lipinski definition) is 2. The molecule has 2 aromatic rings. The monoisotopic (exact) mass is 326 g/mol. The minimum atomic E-state index is -0.299. The Balaban J connectivity index is 2.23. The first-order valence-electron chi connectivity index (χ1n) is 5.51. The Morgan fingerprint density at radius 3 is 2.61 bits per heavy atom. The highest BCUT2D eigenvalue weighted by Crippen LogP contribution is 2.28. The highest BCUT2D eigenvalue weighted by molar-refractivity contribution is 9.11. The van der Waals surface area contributed by atoms with Gasteiger partial charge in [-0.15, -0.1) is 11.3 Å². The third-order valence-corrected chi connectivity index (χ3v) is 4.97. The van der Waals surface area contributed by atoms with Gasteiger partial charge in [0.15, 0.2) is 5.78 Å². The fourth-order valence-electron chi connectivity index (χ4n) is 1.69. The zero-order valence-corrected chi connectivity index (χ0v) is 12.5. The lowest BCUT2D eigenvalue weighted by Crippen LogP contribution is -2.03. The third kappa shape index (κ3) is 2.87. The highest BCUT2D eigenvalue weighted by Gasteiger charge is 2.13. The quantitative estimate of drug-likeness (QED) is 0.747. The van der Waals surface area contributed by atoms with Crippen molar-refractivity contribution in [1.82, 2.24) is 0 Å². The van der Waals surface area contributed by atoms with Crippen molar-refractivity contribution in [2.75, 3.05) is 0 Å². The molecule has 0 radical (unpaired) electrons. The van der Waals surface area contributed by atoms with E-state index in [1.54, 1.807) is 6.07 Å². The van der Waals surface area contributed by atoms with Crippen LogP contribution in [0.2, 0.25) is 0 Å².